The second-order valence-corrected chi connectivity index (χ2v) is 17.8. The number of carbonyl (C=O) groups is 1. The summed E-state index contributed by atoms with van der Waals surface area (Å²) in [6.07, 6.45) is 3.30. The van der Waals surface area contributed by atoms with Gasteiger partial charge in [0.15, 0.2) is 17.2 Å². The zero-order valence-corrected chi connectivity index (χ0v) is 38.3. The van der Waals surface area contributed by atoms with Crippen molar-refractivity contribution in [2.75, 3.05) is 53.0 Å². The summed E-state index contributed by atoms with van der Waals surface area (Å²) in [5, 5.41) is 16.8. The van der Waals surface area contributed by atoms with Gasteiger partial charge in [0.2, 0.25) is 10.0 Å². The molecule has 2 aromatic heterocycles. The third-order valence-electron chi connectivity index (χ3n) is 11.2. The minimum Gasteiger partial charge on any atom is -0.497 e. The summed E-state index contributed by atoms with van der Waals surface area (Å²) in [5.41, 5.74) is 1.42. The standard InChI is InChI=1S/C48H52FN5O12S/c1-31(6-5-21-64-47-44(24-35-17-20-50-46(35)52-47)66-42-25-36(49)11-16-40(42)48(55)62-4)65-43-27-39(26-41(54(56)57)45(43)51-28-32-18-22-63-23-19-32)67(58,59)53(29-33-7-12-37(60-2)13-8-33)30-34-9-14-38(61-3)15-10-34/h7-17,20,24-27,31-32,51H,5-6,18-19,21-23,28-30H2,1-4H3,(H,50,52)/t31-/m1/s1. The molecule has 0 amide bonds. The van der Waals surface area contributed by atoms with Crippen LogP contribution in [0, 0.1) is 21.8 Å². The van der Waals surface area contributed by atoms with Crippen molar-refractivity contribution in [3.05, 3.63) is 130 Å². The highest BCUT2D eigenvalue weighted by Crippen LogP contribution is 2.41. The van der Waals surface area contributed by atoms with E-state index in [2.05, 4.69) is 15.3 Å². The second-order valence-electron chi connectivity index (χ2n) is 15.8. The Morgan fingerprint density at radius 2 is 1.60 bits per heavy atom. The number of nitro benzene ring substituents is 1. The summed E-state index contributed by atoms with van der Waals surface area (Å²) < 4.78 is 84.9. The van der Waals surface area contributed by atoms with Gasteiger partial charge in [-0.3, -0.25) is 10.1 Å². The average Bonchev–Trinajstić information content (AvgIpc) is 3.80. The van der Waals surface area contributed by atoms with Crippen molar-refractivity contribution in [1.29, 1.82) is 0 Å². The van der Waals surface area contributed by atoms with Crippen LogP contribution in [0.1, 0.15) is 54.1 Å². The number of hydrogen-bond donors (Lipinski definition) is 2. The SMILES string of the molecule is COC(=O)c1ccc(F)cc1Oc1cc2cc[nH]c2nc1OCCC[C@@H](C)Oc1cc(S(=O)(=O)N(Cc2ccc(OC)cc2)Cc2ccc(OC)cc2)cc([N+](=O)[O-])c1NCC1CCOCC1. The van der Waals surface area contributed by atoms with E-state index in [9.17, 15) is 27.7 Å². The Balaban J connectivity index is 1.15. The monoisotopic (exact) mass is 941 g/mol. The van der Waals surface area contributed by atoms with Gasteiger partial charge in [-0.05, 0) is 98.2 Å². The molecule has 17 nitrogen and oxygen atoms in total. The molecule has 1 saturated heterocycles. The van der Waals surface area contributed by atoms with Gasteiger partial charge in [0.25, 0.3) is 11.6 Å². The summed E-state index contributed by atoms with van der Waals surface area (Å²) in [7, 11) is -0.164. The number of nitrogens with one attached hydrogen (secondary N) is 2. The van der Waals surface area contributed by atoms with Crippen molar-refractivity contribution in [2.24, 2.45) is 5.92 Å². The molecule has 0 unspecified atom stereocenters. The van der Waals surface area contributed by atoms with Gasteiger partial charge < -0.3 is 43.5 Å². The number of esters is 1. The molecule has 354 valence electrons. The second kappa shape index (κ2) is 22.0. The number of aromatic nitrogens is 2. The summed E-state index contributed by atoms with van der Waals surface area (Å²) >= 11 is 0. The molecule has 67 heavy (non-hydrogen) atoms. The number of hydrogen-bond acceptors (Lipinski definition) is 14. The number of nitro groups is 1. The largest absolute Gasteiger partial charge is 0.497 e. The van der Waals surface area contributed by atoms with Crippen LogP contribution in [0.25, 0.3) is 11.0 Å². The fourth-order valence-electron chi connectivity index (χ4n) is 7.50. The number of nitrogens with zero attached hydrogens (tertiary/aromatic N) is 3. The van der Waals surface area contributed by atoms with Gasteiger partial charge in [0.1, 0.15) is 34.3 Å². The number of rotatable bonds is 22. The van der Waals surface area contributed by atoms with E-state index in [0.717, 1.165) is 31.0 Å². The van der Waals surface area contributed by atoms with Crippen LogP contribution in [0.15, 0.2) is 102 Å². The van der Waals surface area contributed by atoms with Gasteiger partial charge in [-0.15, -0.1) is 0 Å². The molecule has 1 aliphatic rings. The normalized spacial score (nSPS) is 13.5. The third kappa shape index (κ3) is 12.1. The maximum Gasteiger partial charge on any atom is 0.341 e. The molecule has 7 rings (SSSR count). The number of H-pyrrole nitrogens is 1. The molecule has 0 bridgehead atoms. The molecule has 19 heteroatoms. The Labute approximate surface area is 387 Å². The van der Waals surface area contributed by atoms with E-state index in [0.29, 0.717) is 66.3 Å². The molecule has 2 N–H and O–H groups in total. The molecule has 1 atom stereocenters. The van der Waals surface area contributed by atoms with Crippen LogP contribution in [-0.4, -0.2) is 87.4 Å². The number of aromatic amines is 1. The molecule has 0 radical (unpaired) electrons. The van der Waals surface area contributed by atoms with Gasteiger partial charge in [0.05, 0.1) is 43.9 Å². The first-order valence-electron chi connectivity index (χ1n) is 21.6. The lowest BCUT2D eigenvalue weighted by Crippen LogP contribution is -2.30. The van der Waals surface area contributed by atoms with Crippen molar-refractivity contribution < 1.29 is 55.7 Å². The average molecular weight is 942 g/mol. The molecule has 4 aromatic carbocycles. The number of anilines is 1. The van der Waals surface area contributed by atoms with Gasteiger partial charge >= 0.3 is 5.97 Å². The molecular formula is C48H52FN5O12S. The lowest BCUT2D eigenvalue weighted by molar-refractivity contribution is -0.384. The number of sulfonamides is 1. The number of carbonyl (C=O) groups excluding carboxylic acids is 1. The van der Waals surface area contributed by atoms with E-state index in [1.165, 1.54) is 37.8 Å². The van der Waals surface area contributed by atoms with Crippen LogP contribution in [0.3, 0.4) is 0 Å². The lowest BCUT2D eigenvalue weighted by Gasteiger charge is -2.26. The molecular weight excluding hydrogens is 890 g/mol. The number of methoxy groups -OCH3 is 3. The molecule has 0 saturated carbocycles. The first kappa shape index (κ1) is 48.0. The first-order valence-corrected chi connectivity index (χ1v) is 23.0. The maximum absolute atomic E-state index is 14.8. The smallest absolute Gasteiger partial charge is 0.341 e. The topological polar surface area (TPSA) is 203 Å². The Morgan fingerprint density at radius 3 is 2.22 bits per heavy atom. The third-order valence-corrected chi connectivity index (χ3v) is 13.0. The molecule has 0 spiro atoms. The van der Waals surface area contributed by atoms with Crippen LogP contribution in [0.2, 0.25) is 0 Å². The summed E-state index contributed by atoms with van der Waals surface area (Å²) in [5.74, 6) is 0.0652. The number of fused-ring (bicyclic) bond motifs is 1. The molecule has 0 aliphatic carbocycles. The highest BCUT2D eigenvalue weighted by Gasteiger charge is 2.32. The molecule has 1 fully saturated rings. The van der Waals surface area contributed by atoms with E-state index >= 15 is 0 Å². The van der Waals surface area contributed by atoms with Crippen LogP contribution in [0.5, 0.6) is 34.6 Å². The molecule has 1 aliphatic heterocycles. The zero-order valence-electron chi connectivity index (χ0n) is 37.5. The Kier molecular flexibility index (Phi) is 15.8. The van der Waals surface area contributed by atoms with Crippen LogP contribution >= 0.6 is 0 Å². The minimum atomic E-state index is -4.44. The van der Waals surface area contributed by atoms with Crippen LogP contribution < -0.4 is 29.0 Å². The number of benzene rings is 4. The van der Waals surface area contributed by atoms with Gasteiger partial charge in [0, 0.05) is 62.6 Å². The van der Waals surface area contributed by atoms with Crippen molar-refractivity contribution in [2.45, 2.75) is 56.7 Å². The predicted molar refractivity (Wildman–Crippen MR) is 246 cm³/mol. The van der Waals surface area contributed by atoms with E-state index < -0.39 is 38.5 Å². The van der Waals surface area contributed by atoms with Crippen molar-refractivity contribution in [3.8, 4) is 34.6 Å². The Morgan fingerprint density at radius 1 is 0.925 bits per heavy atom. The van der Waals surface area contributed by atoms with Gasteiger partial charge in [-0.1, -0.05) is 24.3 Å². The summed E-state index contributed by atoms with van der Waals surface area (Å²) in [6.45, 7) is 3.23. The van der Waals surface area contributed by atoms with E-state index in [1.807, 2.05) is 0 Å². The van der Waals surface area contributed by atoms with E-state index in [-0.39, 0.29) is 64.9 Å². The lowest BCUT2D eigenvalue weighted by atomic mass is 10.0. The molecule has 6 aromatic rings. The van der Waals surface area contributed by atoms with Crippen LogP contribution in [0.4, 0.5) is 15.8 Å². The number of ether oxygens (including phenoxy) is 7. The van der Waals surface area contributed by atoms with Crippen molar-refractivity contribution in [3.63, 3.8) is 0 Å². The quantitative estimate of drug-likeness (QED) is 0.0282. The fraction of sp³-hybridized carbons (Fsp3) is 0.333. The first-order chi connectivity index (χ1) is 32.3. The fourth-order valence-corrected chi connectivity index (χ4v) is 8.95. The van der Waals surface area contributed by atoms with Gasteiger partial charge in [-0.25, -0.2) is 17.6 Å². The predicted octanol–water partition coefficient (Wildman–Crippen LogP) is 9.06. The molecule has 3 heterocycles. The van der Waals surface area contributed by atoms with Crippen LogP contribution in [-0.2, 0) is 32.6 Å². The van der Waals surface area contributed by atoms with E-state index in [4.69, 9.17) is 33.2 Å². The minimum absolute atomic E-state index is 0.00380. The van der Waals surface area contributed by atoms with Crippen molar-refractivity contribution in [1.82, 2.24) is 14.3 Å². The highest BCUT2D eigenvalue weighted by molar-refractivity contribution is 7.89. The number of pyridine rings is 1. The van der Waals surface area contributed by atoms with Crippen molar-refractivity contribution >= 4 is 38.4 Å². The summed E-state index contributed by atoms with van der Waals surface area (Å²) in [4.78, 5) is 32.0. The number of halogens is 1. The Bertz CT molecular complexity index is 2720. The Hall–Kier alpha value is -6.96. The highest BCUT2D eigenvalue weighted by atomic mass is 32.2. The van der Waals surface area contributed by atoms with E-state index in [1.54, 1.807) is 73.8 Å². The van der Waals surface area contributed by atoms with Gasteiger partial charge in [-0.2, -0.15) is 9.29 Å². The zero-order chi connectivity index (χ0) is 47.5. The maximum atomic E-state index is 14.8. The summed E-state index contributed by atoms with van der Waals surface area (Å²) in [6, 6.07) is 23.2.